The van der Waals surface area contributed by atoms with Gasteiger partial charge in [-0.1, -0.05) is 32.9 Å². The summed E-state index contributed by atoms with van der Waals surface area (Å²) < 4.78 is 5.21. The second kappa shape index (κ2) is 6.87. The van der Waals surface area contributed by atoms with E-state index in [4.69, 9.17) is 4.74 Å². The van der Waals surface area contributed by atoms with Crippen LogP contribution in [-0.4, -0.2) is 41.9 Å². The lowest BCUT2D eigenvalue weighted by atomic mass is 9.64. The Morgan fingerprint density at radius 3 is 2.67 bits per heavy atom. The van der Waals surface area contributed by atoms with Crippen LogP contribution < -0.4 is 15.4 Å². The molecule has 2 fully saturated rings. The zero-order valence-electron chi connectivity index (χ0n) is 16.3. The Morgan fingerprint density at radius 2 is 2.00 bits per heavy atom. The van der Waals surface area contributed by atoms with Crippen LogP contribution in [0.15, 0.2) is 24.3 Å². The highest BCUT2D eigenvalue weighted by molar-refractivity contribution is 6.10. The van der Waals surface area contributed by atoms with E-state index in [9.17, 15) is 14.4 Å². The fourth-order valence-electron chi connectivity index (χ4n) is 4.73. The van der Waals surface area contributed by atoms with Crippen molar-refractivity contribution in [3.63, 3.8) is 0 Å². The molecule has 2 N–H and O–H groups in total. The molecule has 7 nitrogen and oxygen atoms in total. The van der Waals surface area contributed by atoms with E-state index >= 15 is 0 Å². The van der Waals surface area contributed by atoms with Gasteiger partial charge in [-0.2, -0.15) is 0 Å². The van der Waals surface area contributed by atoms with Crippen molar-refractivity contribution < 1.29 is 19.1 Å². The first kappa shape index (κ1) is 19.2. The Balaban J connectivity index is 1.73. The van der Waals surface area contributed by atoms with E-state index in [-0.39, 0.29) is 17.9 Å². The van der Waals surface area contributed by atoms with Crippen LogP contribution in [0.1, 0.15) is 40.0 Å². The van der Waals surface area contributed by atoms with Crippen molar-refractivity contribution in [3.05, 3.63) is 24.3 Å². The van der Waals surface area contributed by atoms with Crippen molar-refractivity contribution in [2.45, 2.75) is 45.6 Å². The molecule has 3 rings (SSSR count). The second-order valence-electron chi connectivity index (χ2n) is 8.51. The van der Waals surface area contributed by atoms with Crippen LogP contribution >= 0.6 is 0 Å². The number of carbonyl (C=O) groups is 3. The fourth-order valence-corrected chi connectivity index (χ4v) is 4.73. The van der Waals surface area contributed by atoms with Crippen LogP contribution in [0.5, 0.6) is 5.75 Å². The predicted molar refractivity (Wildman–Crippen MR) is 101 cm³/mol. The number of nitrogens with zero attached hydrogens (tertiary/aromatic N) is 1. The number of para-hydroxylation sites is 2. The third-order valence-corrected chi connectivity index (χ3v) is 5.31. The zero-order chi connectivity index (χ0) is 19.8. The van der Waals surface area contributed by atoms with Crippen LogP contribution in [0.2, 0.25) is 0 Å². The normalized spacial score (nSPS) is 26.8. The largest absolute Gasteiger partial charge is 0.495 e. The highest BCUT2D eigenvalue weighted by Crippen LogP contribution is 2.46. The first-order chi connectivity index (χ1) is 12.7. The van der Waals surface area contributed by atoms with Gasteiger partial charge in [0.05, 0.1) is 12.8 Å². The van der Waals surface area contributed by atoms with Gasteiger partial charge in [-0.15, -0.1) is 0 Å². The lowest BCUT2D eigenvalue weighted by Crippen LogP contribution is -2.54. The molecular weight excluding hydrogens is 346 g/mol. The number of nitrogens with one attached hydrogen (secondary N) is 2. The Bertz CT molecular complexity index is 776. The summed E-state index contributed by atoms with van der Waals surface area (Å²) in [5.41, 5.74) is -0.446. The van der Waals surface area contributed by atoms with Crippen LogP contribution in [-0.2, 0) is 9.59 Å². The summed E-state index contributed by atoms with van der Waals surface area (Å²) in [4.78, 5) is 39.0. The summed E-state index contributed by atoms with van der Waals surface area (Å²) in [6.45, 7) is 6.00. The maximum absolute atomic E-state index is 13.1. The van der Waals surface area contributed by atoms with Crippen LogP contribution in [0.25, 0.3) is 0 Å². The van der Waals surface area contributed by atoms with E-state index in [1.807, 2.05) is 0 Å². The number of imide groups is 1. The molecule has 0 unspecified atom stereocenters. The number of methoxy groups -OCH3 is 1. The van der Waals surface area contributed by atoms with Gasteiger partial charge in [0.25, 0.3) is 5.91 Å². The summed E-state index contributed by atoms with van der Waals surface area (Å²) in [5.74, 6) is 0.0909. The van der Waals surface area contributed by atoms with Crippen LogP contribution in [0, 0.1) is 11.3 Å². The summed E-state index contributed by atoms with van der Waals surface area (Å²) in [6.07, 6.45) is 2.19. The number of amides is 4. The average Bonchev–Trinajstić information content (AvgIpc) is 2.77. The van der Waals surface area contributed by atoms with Crippen LogP contribution in [0.3, 0.4) is 0 Å². The highest BCUT2D eigenvalue weighted by Gasteiger charge is 2.56. The number of anilines is 1. The molecule has 1 aromatic carbocycles. The standard InChI is InChI=1S/C20H27N3O4/c1-13-9-19(2,3)12-20(10-13)17(25)23(18(26)22-20)11-16(24)21-14-7-5-6-8-15(14)27-4/h5-8,13H,9-12H2,1-4H3,(H,21,24)(H,22,26)/t13-,20+/m1/s1. The van der Waals surface area contributed by atoms with E-state index < -0.39 is 17.5 Å². The average molecular weight is 373 g/mol. The van der Waals surface area contributed by atoms with E-state index in [0.29, 0.717) is 30.2 Å². The van der Waals surface area contributed by atoms with Crippen molar-refractivity contribution in [1.29, 1.82) is 0 Å². The van der Waals surface area contributed by atoms with Gasteiger partial charge in [-0.3, -0.25) is 14.5 Å². The maximum Gasteiger partial charge on any atom is 0.325 e. The molecule has 1 heterocycles. The Hall–Kier alpha value is -2.57. The molecule has 0 aromatic heterocycles. The van der Waals surface area contributed by atoms with Crippen LogP contribution in [0.4, 0.5) is 10.5 Å². The molecule has 146 valence electrons. The third-order valence-electron chi connectivity index (χ3n) is 5.31. The quantitative estimate of drug-likeness (QED) is 0.795. The first-order valence-electron chi connectivity index (χ1n) is 9.23. The molecular formula is C20H27N3O4. The summed E-state index contributed by atoms with van der Waals surface area (Å²) >= 11 is 0. The Labute approximate surface area is 159 Å². The number of ether oxygens (including phenoxy) is 1. The molecule has 0 radical (unpaired) electrons. The number of hydrogen-bond acceptors (Lipinski definition) is 4. The minimum absolute atomic E-state index is 0.0454. The Kier molecular flexibility index (Phi) is 4.88. The molecule has 1 saturated carbocycles. The zero-order valence-corrected chi connectivity index (χ0v) is 16.3. The minimum Gasteiger partial charge on any atom is -0.495 e. The number of rotatable bonds is 4. The van der Waals surface area contributed by atoms with Gasteiger partial charge in [0.2, 0.25) is 5.91 Å². The molecule has 2 atom stereocenters. The van der Waals surface area contributed by atoms with E-state index in [1.165, 1.54) is 7.11 Å². The monoisotopic (exact) mass is 373 g/mol. The summed E-state index contributed by atoms with van der Waals surface area (Å²) in [5, 5.41) is 5.59. The molecule has 0 bridgehead atoms. The molecule has 7 heteroatoms. The molecule has 1 spiro atoms. The number of hydrogen-bond donors (Lipinski definition) is 2. The summed E-state index contributed by atoms with van der Waals surface area (Å²) in [7, 11) is 1.51. The van der Waals surface area contributed by atoms with Gasteiger partial charge in [0.1, 0.15) is 17.8 Å². The molecule has 4 amide bonds. The molecule has 2 aliphatic rings. The molecule has 1 saturated heterocycles. The van der Waals surface area contributed by atoms with Gasteiger partial charge < -0.3 is 15.4 Å². The van der Waals surface area contributed by atoms with Crippen molar-refractivity contribution in [2.75, 3.05) is 19.0 Å². The molecule has 1 aliphatic heterocycles. The number of carbonyl (C=O) groups excluding carboxylic acids is 3. The molecule has 1 aliphatic carbocycles. The van der Waals surface area contributed by atoms with E-state index in [2.05, 4.69) is 31.4 Å². The molecule has 27 heavy (non-hydrogen) atoms. The lowest BCUT2D eigenvalue weighted by Gasteiger charge is -2.43. The third kappa shape index (κ3) is 3.77. The van der Waals surface area contributed by atoms with Crippen molar-refractivity contribution in [3.8, 4) is 5.75 Å². The van der Waals surface area contributed by atoms with Crippen molar-refractivity contribution in [2.24, 2.45) is 11.3 Å². The smallest absolute Gasteiger partial charge is 0.325 e. The van der Waals surface area contributed by atoms with E-state index in [1.54, 1.807) is 24.3 Å². The first-order valence-corrected chi connectivity index (χ1v) is 9.23. The summed E-state index contributed by atoms with van der Waals surface area (Å²) in [6, 6.07) is 6.49. The van der Waals surface area contributed by atoms with Crippen molar-refractivity contribution >= 4 is 23.5 Å². The van der Waals surface area contributed by atoms with E-state index in [0.717, 1.165) is 11.3 Å². The van der Waals surface area contributed by atoms with Crippen molar-refractivity contribution in [1.82, 2.24) is 10.2 Å². The predicted octanol–water partition coefficient (Wildman–Crippen LogP) is 2.77. The highest BCUT2D eigenvalue weighted by atomic mass is 16.5. The minimum atomic E-state index is -0.900. The van der Waals surface area contributed by atoms with Gasteiger partial charge in [-0.05, 0) is 42.7 Å². The lowest BCUT2D eigenvalue weighted by molar-refractivity contribution is -0.136. The van der Waals surface area contributed by atoms with Gasteiger partial charge in [0.15, 0.2) is 0 Å². The second-order valence-corrected chi connectivity index (χ2v) is 8.51. The topological polar surface area (TPSA) is 87.7 Å². The van der Waals surface area contributed by atoms with Gasteiger partial charge >= 0.3 is 6.03 Å². The SMILES string of the molecule is COc1ccccc1NC(=O)CN1C(=O)N[C@]2(C[C@H](C)CC(C)(C)C2)C1=O. The van der Waals surface area contributed by atoms with Gasteiger partial charge in [-0.25, -0.2) is 4.79 Å². The Morgan fingerprint density at radius 1 is 1.30 bits per heavy atom. The number of urea groups is 1. The van der Waals surface area contributed by atoms with Gasteiger partial charge in [0, 0.05) is 0 Å². The maximum atomic E-state index is 13.1. The fraction of sp³-hybridized carbons (Fsp3) is 0.550. The number of benzene rings is 1. The molecule has 1 aromatic rings.